The predicted octanol–water partition coefficient (Wildman–Crippen LogP) is 3.33. The molecule has 1 aliphatic rings. The van der Waals surface area contributed by atoms with Crippen molar-refractivity contribution in [3.63, 3.8) is 0 Å². The van der Waals surface area contributed by atoms with Crippen LogP contribution in [0.5, 0.6) is 0 Å². The molecular weight excluding hydrogens is 282 g/mol. The summed E-state index contributed by atoms with van der Waals surface area (Å²) in [5.74, 6) is 0. The van der Waals surface area contributed by atoms with Crippen molar-refractivity contribution >= 4 is 10.0 Å². The van der Waals surface area contributed by atoms with E-state index in [1.807, 2.05) is 32.0 Å². The summed E-state index contributed by atoms with van der Waals surface area (Å²) in [5, 5.41) is 0. The van der Waals surface area contributed by atoms with E-state index in [0.29, 0.717) is 4.90 Å². The number of hydrogen-bond acceptors (Lipinski definition) is 2. The van der Waals surface area contributed by atoms with Gasteiger partial charge < -0.3 is 0 Å². The maximum absolute atomic E-state index is 12.4. The van der Waals surface area contributed by atoms with Gasteiger partial charge >= 0.3 is 0 Å². The van der Waals surface area contributed by atoms with E-state index in [0.717, 1.165) is 24.0 Å². The van der Waals surface area contributed by atoms with Crippen molar-refractivity contribution in [3.8, 4) is 11.1 Å². The molecule has 0 bridgehead atoms. The molecule has 0 aliphatic heterocycles. The van der Waals surface area contributed by atoms with Gasteiger partial charge in [-0.2, -0.15) is 0 Å². The topological polar surface area (TPSA) is 46.2 Å². The molecule has 2 aromatic rings. The Hall–Kier alpha value is -1.65. The Morgan fingerprint density at radius 3 is 2.57 bits per heavy atom. The Bertz CT molecular complexity index is 781. The van der Waals surface area contributed by atoms with E-state index in [-0.39, 0.29) is 6.04 Å². The molecule has 1 aliphatic carbocycles. The molecule has 0 amide bonds. The van der Waals surface area contributed by atoms with Crippen LogP contribution in [-0.4, -0.2) is 14.5 Å². The summed E-state index contributed by atoms with van der Waals surface area (Å²) in [6, 6.07) is 13.6. The van der Waals surface area contributed by atoms with Crippen LogP contribution in [0.4, 0.5) is 0 Å². The molecule has 0 saturated heterocycles. The van der Waals surface area contributed by atoms with Crippen LogP contribution in [0.2, 0.25) is 0 Å². The van der Waals surface area contributed by atoms with Gasteiger partial charge in [-0.1, -0.05) is 37.3 Å². The Balaban J connectivity index is 1.98. The molecule has 0 heterocycles. The second-order valence-electron chi connectivity index (χ2n) is 5.58. The minimum atomic E-state index is -3.43. The van der Waals surface area contributed by atoms with Crippen LogP contribution in [0.3, 0.4) is 0 Å². The molecule has 3 rings (SSSR count). The standard InChI is InChI=1S/C17H19NO2S/c1-3-12(2)18-21(19,20)15-8-9-17-14(11-15)10-13-6-4-5-7-16(13)17/h4-9,11-12,18H,3,10H2,1-2H3. The first-order chi connectivity index (χ1) is 10.0. The zero-order chi connectivity index (χ0) is 15.0. The highest BCUT2D eigenvalue weighted by atomic mass is 32.2. The average molecular weight is 301 g/mol. The van der Waals surface area contributed by atoms with Gasteiger partial charge in [0, 0.05) is 6.04 Å². The summed E-state index contributed by atoms with van der Waals surface area (Å²) in [6.45, 7) is 3.84. The molecule has 2 aromatic carbocycles. The third-order valence-corrected chi connectivity index (χ3v) is 5.63. The van der Waals surface area contributed by atoms with Crippen molar-refractivity contribution < 1.29 is 8.42 Å². The number of nitrogens with one attached hydrogen (secondary N) is 1. The van der Waals surface area contributed by atoms with Gasteiger partial charge in [-0.05, 0) is 54.2 Å². The minimum absolute atomic E-state index is 0.0551. The third kappa shape index (κ3) is 2.61. The Morgan fingerprint density at radius 2 is 1.81 bits per heavy atom. The zero-order valence-corrected chi connectivity index (χ0v) is 13.1. The van der Waals surface area contributed by atoms with Crippen LogP contribution < -0.4 is 4.72 Å². The lowest BCUT2D eigenvalue weighted by Gasteiger charge is -2.13. The van der Waals surface area contributed by atoms with Gasteiger partial charge in [0.15, 0.2) is 0 Å². The fourth-order valence-electron chi connectivity index (χ4n) is 2.70. The molecule has 1 atom stereocenters. The lowest BCUT2D eigenvalue weighted by molar-refractivity contribution is 0.556. The summed E-state index contributed by atoms with van der Waals surface area (Å²) in [7, 11) is -3.43. The molecule has 0 aromatic heterocycles. The predicted molar refractivity (Wildman–Crippen MR) is 84.8 cm³/mol. The molecule has 1 N–H and O–H groups in total. The highest BCUT2D eigenvalue weighted by molar-refractivity contribution is 7.89. The Morgan fingerprint density at radius 1 is 1.10 bits per heavy atom. The van der Waals surface area contributed by atoms with Gasteiger partial charge in [-0.15, -0.1) is 0 Å². The van der Waals surface area contributed by atoms with Crippen LogP contribution >= 0.6 is 0 Å². The van der Waals surface area contributed by atoms with E-state index in [1.165, 1.54) is 11.1 Å². The monoisotopic (exact) mass is 301 g/mol. The van der Waals surface area contributed by atoms with E-state index < -0.39 is 10.0 Å². The SMILES string of the molecule is CCC(C)NS(=O)(=O)c1ccc2c(c1)Cc1ccccc1-2. The number of hydrogen-bond donors (Lipinski definition) is 1. The summed E-state index contributed by atoms with van der Waals surface area (Å²) < 4.78 is 27.4. The first-order valence-electron chi connectivity index (χ1n) is 7.25. The molecule has 0 fully saturated rings. The maximum Gasteiger partial charge on any atom is 0.240 e. The fourth-order valence-corrected chi connectivity index (χ4v) is 4.08. The highest BCUT2D eigenvalue weighted by Gasteiger charge is 2.22. The van der Waals surface area contributed by atoms with Crippen molar-refractivity contribution in [2.75, 3.05) is 0 Å². The van der Waals surface area contributed by atoms with Crippen LogP contribution in [0.1, 0.15) is 31.4 Å². The van der Waals surface area contributed by atoms with Crippen molar-refractivity contribution in [1.82, 2.24) is 4.72 Å². The van der Waals surface area contributed by atoms with Gasteiger partial charge in [0.2, 0.25) is 10.0 Å². The quantitative estimate of drug-likeness (QED) is 0.803. The molecule has 21 heavy (non-hydrogen) atoms. The summed E-state index contributed by atoms with van der Waals surface area (Å²) >= 11 is 0. The molecule has 3 nitrogen and oxygen atoms in total. The van der Waals surface area contributed by atoms with Gasteiger partial charge in [-0.25, -0.2) is 13.1 Å². The lowest BCUT2D eigenvalue weighted by Crippen LogP contribution is -2.32. The number of sulfonamides is 1. The van der Waals surface area contributed by atoms with Crippen LogP contribution in [-0.2, 0) is 16.4 Å². The Labute approximate surface area is 126 Å². The van der Waals surface area contributed by atoms with Gasteiger partial charge in [0.05, 0.1) is 4.90 Å². The smallest absolute Gasteiger partial charge is 0.208 e. The molecule has 1 unspecified atom stereocenters. The molecular formula is C17H19NO2S. The van der Waals surface area contributed by atoms with Crippen LogP contribution in [0.15, 0.2) is 47.4 Å². The molecule has 0 spiro atoms. The van der Waals surface area contributed by atoms with Crippen LogP contribution in [0.25, 0.3) is 11.1 Å². The second-order valence-corrected chi connectivity index (χ2v) is 7.30. The van der Waals surface area contributed by atoms with Crippen molar-refractivity contribution in [2.24, 2.45) is 0 Å². The summed E-state index contributed by atoms with van der Waals surface area (Å²) in [6.07, 6.45) is 1.58. The normalized spacial score (nSPS) is 14.6. The van der Waals surface area contributed by atoms with Gasteiger partial charge in [0.25, 0.3) is 0 Å². The van der Waals surface area contributed by atoms with E-state index in [4.69, 9.17) is 0 Å². The van der Waals surface area contributed by atoms with E-state index in [9.17, 15) is 8.42 Å². The zero-order valence-electron chi connectivity index (χ0n) is 12.3. The fraction of sp³-hybridized carbons (Fsp3) is 0.294. The summed E-state index contributed by atoms with van der Waals surface area (Å²) in [5.41, 5.74) is 4.71. The molecule has 0 saturated carbocycles. The first kappa shape index (κ1) is 14.3. The average Bonchev–Trinajstić information content (AvgIpc) is 2.84. The molecule has 4 heteroatoms. The number of rotatable bonds is 4. The van der Waals surface area contributed by atoms with E-state index >= 15 is 0 Å². The van der Waals surface area contributed by atoms with Crippen molar-refractivity contribution in [3.05, 3.63) is 53.6 Å². The number of fused-ring (bicyclic) bond motifs is 3. The number of benzene rings is 2. The summed E-state index contributed by atoms with van der Waals surface area (Å²) in [4.78, 5) is 0.356. The molecule has 110 valence electrons. The third-order valence-electron chi connectivity index (χ3n) is 4.04. The van der Waals surface area contributed by atoms with Gasteiger partial charge in [0.1, 0.15) is 0 Å². The largest absolute Gasteiger partial charge is 0.240 e. The Kier molecular flexibility index (Phi) is 3.59. The lowest BCUT2D eigenvalue weighted by atomic mass is 10.1. The van der Waals surface area contributed by atoms with Crippen molar-refractivity contribution in [2.45, 2.75) is 37.6 Å². The second kappa shape index (κ2) is 5.28. The van der Waals surface area contributed by atoms with E-state index in [1.54, 1.807) is 12.1 Å². The first-order valence-corrected chi connectivity index (χ1v) is 8.73. The van der Waals surface area contributed by atoms with Gasteiger partial charge in [-0.3, -0.25) is 0 Å². The van der Waals surface area contributed by atoms with Crippen molar-refractivity contribution in [1.29, 1.82) is 0 Å². The maximum atomic E-state index is 12.4. The minimum Gasteiger partial charge on any atom is -0.208 e. The van der Waals surface area contributed by atoms with E-state index in [2.05, 4.69) is 16.9 Å². The highest BCUT2D eigenvalue weighted by Crippen LogP contribution is 2.37. The molecule has 0 radical (unpaired) electrons. The van der Waals surface area contributed by atoms with Crippen LogP contribution in [0, 0.1) is 0 Å².